The average Bonchev–Trinajstić information content (AvgIpc) is 1.53. The molecule has 7 N–H and O–H groups in total. The van der Waals surface area contributed by atoms with Crippen LogP contribution in [0.25, 0.3) is 22.3 Å². The molecule has 3 saturated heterocycles. The summed E-state index contributed by atoms with van der Waals surface area (Å²) in [6, 6.07) is 43.2. The molecule has 4 atom stereocenters. The van der Waals surface area contributed by atoms with Gasteiger partial charge in [0.15, 0.2) is 0 Å². The average molecular weight is 1280 g/mol. The summed E-state index contributed by atoms with van der Waals surface area (Å²) in [4.78, 5) is 72.2. The summed E-state index contributed by atoms with van der Waals surface area (Å²) in [7, 11) is 1.85. The number of hydrogen-bond donors (Lipinski definition) is 4. The van der Waals surface area contributed by atoms with E-state index in [0.717, 1.165) is 109 Å². The van der Waals surface area contributed by atoms with Crippen LogP contribution in [0.3, 0.4) is 0 Å². The standard InChI is InChI=1S/C27H32N4O.C26H30N4O.C24H30N6O.CH4/c1-19(2)16-21-10-7-15-31(18-21)24-13-12-22(17-20-8-4-3-5-9-20)25(30-24)26(32)23-11-6-14-29-27(23)28;1-18(2)16-19-8-7-15-30(17-19)23-13-12-21(20-9-4-3-5-10-20)24(29-23)25(31)22-11-6-14-28-26(22)27;1-15(2)12-17-6-4-8-20(28-17)21-10-9-18(16-13-27-30(3)14-16)22(29-21)23(31)19-7-5-11-26-24(19)25;/h3-6,8-9,11-14,19,21H,7,10,15-18H2,1-2H3,(H2,28,29);3-6,9-14,18-19H,7-8,15-17H2,1-2H3,(H2,27,28);5,7,9-11,13-15,17,20,28H,4,6,8,12H2,1-3H3,(H2,25,26);1H4/t21-;19-;17-,20?;/m000./s1. The second-order valence-electron chi connectivity index (χ2n) is 26.7. The van der Waals surface area contributed by atoms with Gasteiger partial charge in [-0.15, -0.1) is 0 Å². The lowest BCUT2D eigenvalue weighted by Crippen LogP contribution is -2.38. The number of hydrogen-bond acceptors (Lipinski definition) is 16. The Bertz CT molecular complexity index is 4000. The lowest BCUT2D eigenvalue weighted by molar-refractivity contribution is 0.102. The number of carbonyl (C=O) groups excluding carboxylic acids is 3. The fraction of sp³-hybridized carbons (Fsp3) is 0.385. The van der Waals surface area contributed by atoms with Crippen molar-refractivity contribution in [3.05, 3.63) is 215 Å². The Hall–Kier alpha value is -9.48. The Morgan fingerprint density at radius 1 is 0.516 bits per heavy atom. The van der Waals surface area contributed by atoms with E-state index < -0.39 is 0 Å². The Kier molecular flexibility index (Phi) is 24.3. The Morgan fingerprint density at radius 3 is 1.52 bits per heavy atom. The molecule has 0 saturated carbocycles. The maximum Gasteiger partial charge on any atom is 0.215 e. The first-order valence-electron chi connectivity index (χ1n) is 33.6. The van der Waals surface area contributed by atoms with Crippen LogP contribution in [0.2, 0.25) is 0 Å². The summed E-state index contributed by atoms with van der Waals surface area (Å²) in [5.74, 6) is 5.18. The third-order valence-electron chi connectivity index (χ3n) is 17.9. The van der Waals surface area contributed by atoms with Gasteiger partial charge in [-0.05, 0) is 178 Å². The minimum absolute atomic E-state index is 0. The maximum absolute atomic E-state index is 13.5. The molecule has 0 spiro atoms. The van der Waals surface area contributed by atoms with Crippen molar-refractivity contribution in [1.82, 2.24) is 45.0 Å². The molecule has 0 bridgehead atoms. The van der Waals surface area contributed by atoms with Crippen molar-refractivity contribution in [3.8, 4) is 22.3 Å². The molecule has 95 heavy (non-hydrogen) atoms. The normalized spacial score (nSPS) is 17.1. The number of ketones is 3. The predicted octanol–water partition coefficient (Wildman–Crippen LogP) is 14.9. The first kappa shape index (κ1) is 69.9. The van der Waals surface area contributed by atoms with Crippen molar-refractivity contribution in [1.29, 1.82) is 0 Å². The van der Waals surface area contributed by atoms with Gasteiger partial charge in [-0.3, -0.25) is 19.1 Å². The van der Waals surface area contributed by atoms with Crippen molar-refractivity contribution in [3.63, 3.8) is 0 Å². The number of nitrogen functional groups attached to an aromatic ring is 3. The van der Waals surface area contributed by atoms with Crippen LogP contribution >= 0.6 is 0 Å². The first-order chi connectivity index (χ1) is 45.5. The maximum atomic E-state index is 13.5. The van der Waals surface area contributed by atoms with Gasteiger partial charge < -0.3 is 32.3 Å². The van der Waals surface area contributed by atoms with E-state index in [0.29, 0.717) is 75.8 Å². The second kappa shape index (κ2) is 33.1. The zero-order valence-electron chi connectivity index (χ0n) is 55.7. The number of anilines is 5. The molecule has 17 nitrogen and oxygen atoms in total. The van der Waals surface area contributed by atoms with Crippen molar-refractivity contribution in [2.45, 2.75) is 132 Å². The summed E-state index contributed by atoms with van der Waals surface area (Å²) >= 11 is 0. The summed E-state index contributed by atoms with van der Waals surface area (Å²) in [5.41, 5.74) is 26.8. The fourth-order valence-electron chi connectivity index (χ4n) is 13.6. The van der Waals surface area contributed by atoms with Crippen LogP contribution in [0.4, 0.5) is 29.1 Å². The number of pyridine rings is 6. The Balaban J connectivity index is 0.000000167. The molecule has 0 aliphatic carbocycles. The highest BCUT2D eigenvalue weighted by Gasteiger charge is 2.30. The van der Waals surface area contributed by atoms with E-state index in [1.807, 2.05) is 86.0 Å². The van der Waals surface area contributed by atoms with Crippen molar-refractivity contribution < 1.29 is 14.4 Å². The van der Waals surface area contributed by atoms with Gasteiger partial charge in [0.25, 0.3) is 0 Å². The second-order valence-corrected chi connectivity index (χ2v) is 26.7. The van der Waals surface area contributed by atoms with Crippen LogP contribution in [0, 0.1) is 29.6 Å². The van der Waals surface area contributed by atoms with Gasteiger partial charge >= 0.3 is 0 Å². The van der Waals surface area contributed by atoms with Gasteiger partial charge in [0.1, 0.15) is 46.2 Å². The SMILES string of the molecule is C.CC(C)C[C@@H]1CCCC(c2ccc(-c3cnn(C)c3)c(C(=O)c3cccnc3N)n2)N1.CC(C)C[C@@H]1CCCN(c2ccc(-c3ccccc3)c(C(=O)c3cccnc3N)n2)C1.CC(C)C[C@@H]1CCCN(c2ccc(Cc3ccccc3)c(C(=O)c3cccnc3N)n2)C1. The number of aryl methyl sites for hydroxylation is 1. The summed E-state index contributed by atoms with van der Waals surface area (Å²) in [6.07, 6.45) is 20.8. The molecule has 0 radical (unpaired) electrons. The number of nitrogens with two attached hydrogens (primary N) is 3. The van der Waals surface area contributed by atoms with E-state index in [9.17, 15) is 14.4 Å². The lowest BCUT2D eigenvalue weighted by Gasteiger charge is -2.34. The van der Waals surface area contributed by atoms with Crippen molar-refractivity contribution in [2.24, 2.45) is 36.6 Å². The predicted molar refractivity (Wildman–Crippen MR) is 384 cm³/mol. The highest BCUT2D eigenvalue weighted by atomic mass is 16.1. The third-order valence-corrected chi connectivity index (χ3v) is 17.9. The summed E-state index contributed by atoms with van der Waals surface area (Å²) in [5, 5.41) is 8.02. The third kappa shape index (κ3) is 18.3. The minimum Gasteiger partial charge on any atom is -0.383 e. The number of nitrogens with one attached hydrogen (secondary N) is 1. The van der Waals surface area contributed by atoms with Crippen LogP contribution in [-0.2, 0) is 13.5 Å². The Morgan fingerprint density at radius 2 is 1.00 bits per heavy atom. The number of nitrogens with zero attached hydrogens (tertiary/aromatic N) is 10. The zero-order chi connectivity index (χ0) is 66.3. The molecule has 1 unspecified atom stereocenters. The molecule has 3 aliphatic rings. The highest BCUT2D eigenvalue weighted by molar-refractivity contribution is 6.15. The number of rotatable bonds is 19. The number of carbonyl (C=O) groups is 3. The molecule has 9 aromatic rings. The largest absolute Gasteiger partial charge is 0.383 e. The van der Waals surface area contributed by atoms with E-state index in [1.54, 1.807) is 65.9 Å². The molecule has 3 aliphatic heterocycles. The van der Waals surface area contributed by atoms with Gasteiger partial charge in [0.2, 0.25) is 17.3 Å². The molecule has 2 aromatic carbocycles. The molecule has 3 fully saturated rings. The van der Waals surface area contributed by atoms with E-state index in [-0.39, 0.29) is 48.3 Å². The molecule has 17 heteroatoms. The number of aromatic nitrogens is 8. The van der Waals surface area contributed by atoms with Gasteiger partial charge in [0, 0.05) is 86.8 Å². The molecular formula is C78H96N14O3. The lowest BCUT2D eigenvalue weighted by atomic mass is 9.89. The van der Waals surface area contributed by atoms with E-state index >= 15 is 0 Å². The summed E-state index contributed by atoms with van der Waals surface area (Å²) < 4.78 is 1.72. The van der Waals surface area contributed by atoms with Crippen molar-refractivity contribution in [2.75, 3.05) is 53.2 Å². The fourth-order valence-corrected chi connectivity index (χ4v) is 13.6. The molecule has 12 rings (SSSR count). The van der Waals surface area contributed by atoms with Crippen LogP contribution in [0.15, 0.2) is 164 Å². The van der Waals surface area contributed by atoms with Crippen molar-refractivity contribution >= 4 is 46.4 Å². The number of piperidine rings is 3. The molecular weight excluding hydrogens is 1180 g/mol. The number of benzene rings is 2. The van der Waals surface area contributed by atoms with Gasteiger partial charge in [-0.25, -0.2) is 29.9 Å². The van der Waals surface area contributed by atoms with E-state index in [1.165, 1.54) is 32.1 Å². The Labute approximate surface area is 561 Å². The van der Waals surface area contributed by atoms with Crippen LogP contribution < -0.4 is 32.3 Å². The van der Waals surface area contributed by atoms with E-state index in [4.69, 9.17) is 32.2 Å². The highest BCUT2D eigenvalue weighted by Crippen LogP contribution is 2.35. The quantitative estimate of drug-likeness (QED) is 0.0550. The van der Waals surface area contributed by atoms with Crippen LogP contribution in [-0.4, -0.2) is 89.3 Å². The van der Waals surface area contributed by atoms with Crippen LogP contribution in [0.1, 0.15) is 184 Å². The smallest absolute Gasteiger partial charge is 0.215 e. The molecule has 7 aromatic heterocycles. The summed E-state index contributed by atoms with van der Waals surface area (Å²) in [6.45, 7) is 17.5. The molecule has 0 amide bonds. The monoisotopic (exact) mass is 1280 g/mol. The minimum atomic E-state index is -0.221. The zero-order valence-corrected chi connectivity index (χ0v) is 55.7. The van der Waals surface area contributed by atoms with Gasteiger partial charge in [0.05, 0.1) is 28.6 Å². The topological polar surface area (TPSA) is 243 Å². The molecule has 10 heterocycles. The van der Waals surface area contributed by atoms with Gasteiger partial charge in [-0.1, -0.05) is 122 Å². The van der Waals surface area contributed by atoms with E-state index in [2.05, 4.69) is 101 Å². The van der Waals surface area contributed by atoms with Crippen LogP contribution in [0.5, 0.6) is 0 Å². The molecule has 496 valence electrons. The first-order valence-corrected chi connectivity index (χ1v) is 33.6. The van der Waals surface area contributed by atoms with Gasteiger partial charge in [-0.2, -0.15) is 5.10 Å².